The predicted molar refractivity (Wildman–Crippen MR) is 101 cm³/mol. The lowest BCUT2D eigenvalue weighted by atomic mass is 9.79. The van der Waals surface area contributed by atoms with Gasteiger partial charge in [-0.25, -0.2) is 14.5 Å². The van der Waals surface area contributed by atoms with Crippen LogP contribution in [-0.4, -0.2) is 38.4 Å². The second-order valence-electron chi connectivity index (χ2n) is 7.26. The van der Waals surface area contributed by atoms with Gasteiger partial charge in [0.2, 0.25) is 0 Å². The number of anilines is 2. The summed E-state index contributed by atoms with van der Waals surface area (Å²) >= 11 is 0. The van der Waals surface area contributed by atoms with Gasteiger partial charge in [0.05, 0.1) is 17.2 Å². The molecule has 8 heteroatoms. The van der Waals surface area contributed by atoms with Crippen LogP contribution in [0.3, 0.4) is 0 Å². The zero-order valence-electron chi connectivity index (χ0n) is 15.6. The molecule has 0 saturated carbocycles. The van der Waals surface area contributed by atoms with Crippen molar-refractivity contribution in [1.29, 1.82) is 0 Å². The minimum atomic E-state index is -0.358. The lowest BCUT2D eigenvalue weighted by molar-refractivity contribution is 0.0842. The van der Waals surface area contributed by atoms with Crippen molar-refractivity contribution in [3.63, 3.8) is 0 Å². The molecule has 4 rings (SSSR count). The van der Waals surface area contributed by atoms with Crippen molar-refractivity contribution in [3.05, 3.63) is 42.0 Å². The SMILES string of the molecule is Cc1cc(Nc2cc3cc(B4OC(C)C(C)(C)O4)ccn3n2)nc(C)n1. The van der Waals surface area contributed by atoms with E-state index in [1.807, 2.05) is 69.6 Å². The van der Waals surface area contributed by atoms with Crippen molar-refractivity contribution in [2.24, 2.45) is 0 Å². The highest BCUT2D eigenvalue weighted by molar-refractivity contribution is 6.62. The van der Waals surface area contributed by atoms with Crippen LogP contribution in [0, 0.1) is 13.8 Å². The molecule has 1 atom stereocenters. The number of aryl methyl sites for hydroxylation is 2. The molecule has 0 aliphatic carbocycles. The number of hydrogen-bond donors (Lipinski definition) is 1. The van der Waals surface area contributed by atoms with Crippen LogP contribution in [0.25, 0.3) is 5.52 Å². The zero-order chi connectivity index (χ0) is 18.5. The van der Waals surface area contributed by atoms with E-state index in [1.165, 1.54) is 0 Å². The first-order valence-corrected chi connectivity index (χ1v) is 8.72. The molecule has 1 N–H and O–H groups in total. The van der Waals surface area contributed by atoms with E-state index in [0.29, 0.717) is 0 Å². The minimum absolute atomic E-state index is 0.0371. The van der Waals surface area contributed by atoms with E-state index in [4.69, 9.17) is 9.31 Å². The van der Waals surface area contributed by atoms with Gasteiger partial charge in [0.25, 0.3) is 0 Å². The van der Waals surface area contributed by atoms with Crippen LogP contribution in [0.5, 0.6) is 0 Å². The summed E-state index contributed by atoms with van der Waals surface area (Å²) in [4.78, 5) is 8.68. The van der Waals surface area contributed by atoms with E-state index >= 15 is 0 Å². The third-order valence-corrected chi connectivity index (χ3v) is 4.70. The Labute approximate surface area is 152 Å². The molecule has 1 aliphatic rings. The van der Waals surface area contributed by atoms with Crippen LogP contribution in [0.15, 0.2) is 30.5 Å². The Morgan fingerprint density at radius 2 is 1.96 bits per heavy atom. The molecule has 0 radical (unpaired) electrons. The number of nitrogens with zero attached hydrogens (tertiary/aromatic N) is 4. The maximum Gasteiger partial charge on any atom is 0.494 e. The summed E-state index contributed by atoms with van der Waals surface area (Å²) in [6.07, 6.45) is 1.95. The Morgan fingerprint density at radius 3 is 2.65 bits per heavy atom. The van der Waals surface area contributed by atoms with Crippen LogP contribution < -0.4 is 10.8 Å². The van der Waals surface area contributed by atoms with Crippen LogP contribution >= 0.6 is 0 Å². The summed E-state index contributed by atoms with van der Waals surface area (Å²) in [7, 11) is -0.358. The van der Waals surface area contributed by atoms with Gasteiger partial charge in [0.1, 0.15) is 11.6 Å². The number of hydrogen-bond acceptors (Lipinski definition) is 6. The second-order valence-corrected chi connectivity index (χ2v) is 7.26. The molecule has 1 aliphatic heterocycles. The standard InChI is InChI=1S/C18H22BN5O2/c1-11-8-16(21-13(3)20-11)22-17-10-15-9-14(6-7-24(15)23-17)19-25-12(2)18(4,5)26-19/h6-10,12H,1-5H3,(H,20,21,22,23). The van der Waals surface area contributed by atoms with Crippen LogP contribution in [0.1, 0.15) is 32.3 Å². The first-order chi connectivity index (χ1) is 12.3. The number of pyridine rings is 1. The Morgan fingerprint density at radius 1 is 1.15 bits per heavy atom. The maximum absolute atomic E-state index is 6.04. The Balaban J connectivity index is 1.60. The van der Waals surface area contributed by atoms with Gasteiger partial charge in [0.15, 0.2) is 5.82 Å². The summed E-state index contributed by atoms with van der Waals surface area (Å²) in [5.41, 5.74) is 2.55. The predicted octanol–water partition coefficient (Wildman–Crippen LogP) is 2.39. The van der Waals surface area contributed by atoms with E-state index < -0.39 is 0 Å². The van der Waals surface area contributed by atoms with Gasteiger partial charge < -0.3 is 14.6 Å². The molecule has 0 amide bonds. The topological polar surface area (TPSA) is 73.6 Å². The molecule has 0 bridgehead atoms. The molecule has 3 aromatic heterocycles. The average Bonchev–Trinajstić information content (AvgIpc) is 3.05. The fraction of sp³-hybridized carbons (Fsp3) is 0.389. The van der Waals surface area contributed by atoms with Crippen molar-refractivity contribution in [3.8, 4) is 0 Å². The van der Waals surface area contributed by atoms with Crippen molar-refractivity contribution < 1.29 is 9.31 Å². The summed E-state index contributed by atoms with van der Waals surface area (Å²) in [6, 6.07) is 7.88. The Kier molecular flexibility index (Phi) is 3.97. The first-order valence-electron chi connectivity index (χ1n) is 8.72. The lowest BCUT2D eigenvalue weighted by Crippen LogP contribution is -2.34. The molecule has 1 unspecified atom stereocenters. The van der Waals surface area contributed by atoms with Crippen molar-refractivity contribution in [2.45, 2.75) is 46.3 Å². The first kappa shape index (κ1) is 17.0. The maximum atomic E-state index is 6.04. The smallest absolute Gasteiger partial charge is 0.402 e. The average molecular weight is 351 g/mol. The zero-order valence-corrected chi connectivity index (χ0v) is 15.6. The summed E-state index contributed by atoms with van der Waals surface area (Å²) in [5, 5.41) is 7.78. The van der Waals surface area contributed by atoms with E-state index in [-0.39, 0.29) is 18.8 Å². The highest BCUT2D eigenvalue weighted by Crippen LogP contribution is 2.27. The van der Waals surface area contributed by atoms with Gasteiger partial charge in [-0.15, -0.1) is 0 Å². The van der Waals surface area contributed by atoms with Gasteiger partial charge >= 0.3 is 7.12 Å². The van der Waals surface area contributed by atoms with Crippen LogP contribution in [0.2, 0.25) is 0 Å². The lowest BCUT2D eigenvalue weighted by Gasteiger charge is -2.21. The van der Waals surface area contributed by atoms with E-state index in [2.05, 4.69) is 20.4 Å². The molecule has 3 aromatic rings. The third kappa shape index (κ3) is 3.18. The van der Waals surface area contributed by atoms with Gasteiger partial charge in [-0.2, -0.15) is 5.10 Å². The molecule has 134 valence electrons. The molecular formula is C18H22BN5O2. The van der Waals surface area contributed by atoms with Crippen LogP contribution in [-0.2, 0) is 9.31 Å². The molecule has 0 spiro atoms. The fourth-order valence-electron chi connectivity index (χ4n) is 3.03. The Hall–Kier alpha value is -2.45. The molecular weight excluding hydrogens is 329 g/mol. The highest BCUT2D eigenvalue weighted by Gasteiger charge is 2.43. The minimum Gasteiger partial charge on any atom is -0.402 e. The molecule has 26 heavy (non-hydrogen) atoms. The number of fused-ring (bicyclic) bond motifs is 1. The van der Waals surface area contributed by atoms with Gasteiger partial charge in [-0.1, -0.05) is 0 Å². The Bertz CT molecular complexity index is 951. The third-order valence-electron chi connectivity index (χ3n) is 4.70. The van der Waals surface area contributed by atoms with Gasteiger partial charge in [0, 0.05) is 24.0 Å². The van der Waals surface area contributed by atoms with E-state index in [0.717, 1.165) is 34.1 Å². The fourth-order valence-corrected chi connectivity index (χ4v) is 3.03. The monoisotopic (exact) mass is 351 g/mol. The van der Waals surface area contributed by atoms with E-state index in [9.17, 15) is 0 Å². The largest absolute Gasteiger partial charge is 0.494 e. The number of aromatic nitrogens is 4. The van der Waals surface area contributed by atoms with Gasteiger partial charge in [-0.05, 0) is 52.2 Å². The molecule has 1 saturated heterocycles. The molecule has 1 fully saturated rings. The quantitative estimate of drug-likeness (QED) is 0.731. The van der Waals surface area contributed by atoms with Crippen molar-refractivity contribution in [1.82, 2.24) is 19.6 Å². The molecule has 7 nitrogen and oxygen atoms in total. The molecule has 4 heterocycles. The van der Waals surface area contributed by atoms with E-state index in [1.54, 1.807) is 0 Å². The van der Waals surface area contributed by atoms with Crippen molar-refractivity contribution >= 4 is 29.7 Å². The number of nitrogens with one attached hydrogen (secondary N) is 1. The summed E-state index contributed by atoms with van der Waals surface area (Å²) < 4.78 is 13.8. The normalized spacial score (nSPS) is 19.3. The highest BCUT2D eigenvalue weighted by atomic mass is 16.7. The molecule has 0 aromatic carbocycles. The van der Waals surface area contributed by atoms with Crippen LogP contribution in [0.4, 0.5) is 11.6 Å². The number of rotatable bonds is 3. The van der Waals surface area contributed by atoms with Gasteiger partial charge in [-0.3, -0.25) is 0 Å². The second kappa shape index (κ2) is 6.07. The van der Waals surface area contributed by atoms with Crippen molar-refractivity contribution in [2.75, 3.05) is 5.32 Å². The summed E-state index contributed by atoms with van der Waals surface area (Å²) in [6.45, 7) is 9.94. The summed E-state index contributed by atoms with van der Waals surface area (Å²) in [5.74, 6) is 2.18.